The number of anilines is 2. The number of amides is 2. The minimum atomic E-state index is -0.460. The van der Waals surface area contributed by atoms with Crippen LogP contribution in [0.1, 0.15) is 23.7 Å². The molecular formula is C17H17FN2O3. The molecule has 120 valence electrons. The molecule has 2 N–H and O–H groups in total. The highest BCUT2D eigenvalue weighted by Gasteiger charge is 2.07. The molecule has 0 bridgehead atoms. The van der Waals surface area contributed by atoms with E-state index < -0.39 is 12.0 Å². The van der Waals surface area contributed by atoms with Crippen LogP contribution in [0.25, 0.3) is 0 Å². The standard InChI is InChI=1S/C17H17FN2O3/c1-2-11-23-16(21)12-3-7-14(8-4-12)19-17(22)20-15-9-5-13(18)6-10-15/h3-10H,2,11H2,1H3,(H2,19,20,22). The largest absolute Gasteiger partial charge is 0.462 e. The van der Waals surface area contributed by atoms with Gasteiger partial charge in [-0.25, -0.2) is 14.0 Å². The number of carbonyl (C=O) groups excluding carboxylic acids is 2. The van der Waals surface area contributed by atoms with Crippen molar-refractivity contribution in [3.8, 4) is 0 Å². The van der Waals surface area contributed by atoms with Crippen LogP contribution < -0.4 is 10.6 Å². The maximum Gasteiger partial charge on any atom is 0.338 e. The molecule has 2 aromatic carbocycles. The van der Waals surface area contributed by atoms with Crippen LogP contribution in [0.4, 0.5) is 20.6 Å². The molecule has 6 heteroatoms. The Morgan fingerprint density at radius 1 is 0.957 bits per heavy atom. The fourth-order valence-electron chi connectivity index (χ4n) is 1.79. The molecule has 0 aliphatic rings. The average Bonchev–Trinajstić information content (AvgIpc) is 2.55. The summed E-state index contributed by atoms with van der Waals surface area (Å²) in [5.41, 5.74) is 1.42. The molecule has 2 rings (SSSR count). The van der Waals surface area contributed by atoms with E-state index in [1.54, 1.807) is 24.3 Å². The maximum absolute atomic E-state index is 12.8. The molecule has 0 heterocycles. The monoisotopic (exact) mass is 316 g/mol. The van der Waals surface area contributed by atoms with E-state index in [4.69, 9.17) is 4.74 Å². The lowest BCUT2D eigenvalue weighted by molar-refractivity contribution is 0.0505. The van der Waals surface area contributed by atoms with Crippen LogP contribution in [-0.2, 0) is 4.74 Å². The number of esters is 1. The zero-order chi connectivity index (χ0) is 16.7. The average molecular weight is 316 g/mol. The molecule has 0 spiro atoms. The third kappa shape index (κ3) is 5.10. The Kier molecular flexibility index (Phi) is 5.68. The van der Waals surface area contributed by atoms with E-state index in [1.807, 2.05) is 6.92 Å². The quantitative estimate of drug-likeness (QED) is 0.818. The molecule has 2 aromatic rings. The summed E-state index contributed by atoms with van der Waals surface area (Å²) in [6.07, 6.45) is 0.759. The van der Waals surface area contributed by atoms with Crippen molar-refractivity contribution in [1.82, 2.24) is 0 Å². The summed E-state index contributed by atoms with van der Waals surface area (Å²) in [4.78, 5) is 23.5. The second kappa shape index (κ2) is 7.93. The summed E-state index contributed by atoms with van der Waals surface area (Å²) in [5, 5.41) is 5.19. The number of urea groups is 1. The van der Waals surface area contributed by atoms with E-state index in [0.29, 0.717) is 23.5 Å². The fraction of sp³-hybridized carbons (Fsp3) is 0.176. The van der Waals surface area contributed by atoms with Gasteiger partial charge in [0.05, 0.1) is 12.2 Å². The topological polar surface area (TPSA) is 67.4 Å². The highest BCUT2D eigenvalue weighted by atomic mass is 19.1. The second-order valence-electron chi connectivity index (χ2n) is 4.80. The number of carbonyl (C=O) groups is 2. The number of halogens is 1. The van der Waals surface area contributed by atoms with Crippen LogP contribution in [0.15, 0.2) is 48.5 Å². The molecule has 23 heavy (non-hydrogen) atoms. The zero-order valence-corrected chi connectivity index (χ0v) is 12.6. The number of hydrogen-bond donors (Lipinski definition) is 2. The van der Waals surface area contributed by atoms with Crippen molar-refractivity contribution in [3.63, 3.8) is 0 Å². The first-order valence-corrected chi connectivity index (χ1v) is 7.19. The first-order valence-electron chi connectivity index (χ1n) is 7.19. The second-order valence-corrected chi connectivity index (χ2v) is 4.80. The van der Waals surface area contributed by atoms with Gasteiger partial charge in [0, 0.05) is 11.4 Å². The Morgan fingerprint density at radius 3 is 2.00 bits per heavy atom. The third-order valence-corrected chi connectivity index (χ3v) is 2.92. The van der Waals surface area contributed by atoms with Gasteiger partial charge in [0.2, 0.25) is 0 Å². The minimum Gasteiger partial charge on any atom is -0.462 e. The fourth-order valence-corrected chi connectivity index (χ4v) is 1.79. The van der Waals surface area contributed by atoms with Gasteiger partial charge in [-0.05, 0) is 55.0 Å². The van der Waals surface area contributed by atoms with Crippen LogP contribution in [-0.4, -0.2) is 18.6 Å². The van der Waals surface area contributed by atoms with Crippen LogP contribution in [0.2, 0.25) is 0 Å². The highest BCUT2D eigenvalue weighted by molar-refractivity contribution is 6.00. The minimum absolute atomic E-state index is 0.374. The molecule has 0 aliphatic carbocycles. The van der Waals surface area contributed by atoms with E-state index in [2.05, 4.69) is 10.6 Å². The summed E-state index contributed by atoms with van der Waals surface area (Å²) in [7, 11) is 0. The van der Waals surface area contributed by atoms with Gasteiger partial charge in [-0.2, -0.15) is 0 Å². The Hall–Kier alpha value is -2.89. The molecule has 0 radical (unpaired) electrons. The smallest absolute Gasteiger partial charge is 0.338 e. The normalized spacial score (nSPS) is 10.0. The number of hydrogen-bond acceptors (Lipinski definition) is 3. The first kappa shape index (κ1) is 16.5. The Balaban J connectivity index is 1.91. The molecule has 0 saturated heterocycles. The van der Waals surface area contributed by atoms with Crippen molar-refractivity contribution in [1.29, 1.82) is 0 Å². The van der Waals surface area contributed by atoms with E-state index in [0.717, 1.165) is 6.42 Å². The molecule has 5 nitrogen and oxygen atoms in total. The third-order valence-electron chi connectivity index (χ3n) is 2.92. The van der Waals surface area contributed by atoms with Crippen molar-refractivity contribution in [3.05, 3.63) is 59.9 Å². The molecular weight excluding hydrogens is 299 g/mol. The lowest BCUT2D eigenvalue weighted by atomic mass is 10.2. The number of benzene rings is 2. The molecule has 0 aromatic heterocycles. The van der Waals surface area contributed by atoms with E-state index >= 15 is 0 Å². The summed E-state index contributed by atoms with van der Waals surface area (Å²) >= 11 is 0. The molecule has 0 unspecified atom stereocenters. The van der Waals surface area contributed by atoms with Crippen molar-refractivity contribution >= 4 is 23.4 Å². The molecule has 0 fully saturated rings. The molecule has 0 aliphatic heterocycles. The summed E-state index contributed by atoms with van der Waals surface area (Å²) in [6, 6.07) is 11.3. The van der Waals surface area contributed by atoms with Crippen molar-refractivity contribution in [2.45, 2.75) is 13.3 Å². The van der Waals surface area contributed by atoms with Crippen LogP contribution in [0, 0.1) is 5.82 Å². The Bertz CT molecular complexity index is 669. The maximum atomic E-state index is 12.8. The SMILES string of the molecule is CCCOC(=O)c1ccc(NC(=O)Nc2ccc(F)cc2)cc1. The van der Waals surface area contributed by atoms with Gasteiger partial charge in [0.25, 0.3) is 0 Å². The summed E-state index contributed by atoms with van der Waals surface area (Å²) in [5.74, 6) is -0.768. The van der Waals surface area contributed by atoms with E-state index in [1.165, 1.54) is 24.3 Å². The van der Waals surface area contributed by atoms with Crippen LogP contribution >= 0.6 is 0 Å². The van der Waals surface area contributed by atoms with Gasteiger partial charge in [-0.15, -0.1) is 0 Å². The predicted molar refractivity (Wildman–Crippen MR) is 86.1 cm³/mol. The van der Waals surface area contributed by atoms with Crippen LogP contribution in [0.5, 0.6) is 0 Å². The van der Waals surface area contributed by atoms with Crippen LogP contribution in [0.3, 0.4) is 0 Å². The molecule has 0 atom stereocenters. The van der Waals surface area contributed by atoms with Gasteiger partial charge in [-0.1, -0.05) is 6.92 Å². The van der Waals surface area contributed by atoms with Gasteiger partial charge in [0.1, 0.15) is 5.82 Å². The van der Waals surface area contributed by atoms with E-state index in [-0.39, 0.29) is 5.82 Å². The Morgan fingerprint density at radius 2 is 1.48 bits per heavy atom. The highest BCUT2D eigenvalue weighted by Crippen LogP contribution is 2.12. The predicted octanol–water partition coefficient (Wildman–Crippen LogP) is 4.04. The molecule has 0 saturated carbocycles. The first-order chi connectivity index (χ1) is 11.1. The lowest BCUT2D eigenvalue weighted by Crippen LogP contribution is -2.19. The number of rotatable bonds is 5. The molecule has 2 amide bonds. The Labute approximate surface area is 133 Å². The van der Waals surface area contributed by atoms with Crippen molar-refractivity contribution < 1.29 is 18.7 Å². The summed E-state index contributed by atoms with van der Waals surface area (Å²) in [6.45, 7) is 2.29. The summed E-state index contributed by atoms with van der Waals surface area (Å²) < 4.78 is 17.8. The number of ether oxygens (including phenoxy) is 1. The number of nitrogens with one attached hydrogen (secondary N) is 2. The van der Waals surface area contributed by atoms with Gasteiger partial charge >= 0.3 is 12.0 Å². The van der Waals surface area contributed by atoms with Gasteiger partial charge < -0.3 is 15.4 Å². The van der Waals surface area contributed by atoms with Crippen molar-refractivity contribution in [2.24, 2.45) is 0 Å². The van der Waals surface area contributed by atoms with E-state index in [9.17, 15) is 14.0 Å². The van der Waals surface area contributed by atoms with Gasteiger partial charge in [0.15, 0.2) is 0 Å². The lowest BCUT2D eigenvalue weighted by Gasteiger charge is -2.08. The zero-order valence-electron chi connectivity index (χ0n) is 12.6. The van der Waals surface area contributed by atoms with Gasteiger partial charge in [-0.3, -0.25) is 0 Å². The van der Waals surface area contributed by atoms with Crippen molar-refractivity contribution in [2.75, 3.05) is 17.2 Å².